The van der Waals surface area contributed by atoms with E-state index in [4.69, 9.17) is 23.2 Å². The second kappa shape index (κ2) is 19.5. The highest BCUT2D eigenvalue weighted by Crippen LogP contribution is 2.25. The van der Waals surface area contributed by atoms with Gasteiger partial charge in [-0.1, -0.05) is 70.0 Å². The van der Waals surface area contributed by atoms with Crippen molar-refractivity contribution in [3.8, 4) is 0 Å². The van der Waals surface area contributed by atoms with E-state index in [2.05, 4.69) is 45.3 Å². The predicted octanol–water partition coefficient (Wildman–Crippen LogP) is 5.89. The van der Waals surface area contributed by atoms with Crippen molar-refractivity contribution in [2.75, 3.05) is 58.7 Å². The molecule has 3 amide bonds. The van der Waals surface area contributed by atoms with Crippen LogP contribution in [0.25, 0.3) is 0 Å². The minimum absolute atomic E-state index is 0.0228. The summed E-state index contributed by atoms with van der Waals surface area (Å²) in [5, 5.41) is 6.47. The number of carbonyl (C=O) groups excluding carboxylic acids is 3. The molecule has 11 heteroatoms. The summed E-state index contributed by atoms with van der Waals surface area (Å²) in [4.78, 5) is 38.3. The Labute approximate surface area is 266 Å². The molecule has 1 aliphatic heterocycles. The van der Waals surface area contributed by atoms with Gasteiger partial charge in [-0.2, -0.15) is 0 Å². The number of nitrogens with one attached hydrogen (secondary N) is 2. The largest absolute Gasteiger partial charge is 0.342 e. The van der Waals surface area contributed by atoms with E-state index < -0.39 is 5.82 Å². The third-order valence-corrected chi connectivity index (χ3v) is 6.66. The Kier molecular flexibility index (Phi) is 17.4. The highest BCUT2D eigenvalue weighted by molar-refractivity contribution is 6.31. The molecule has 2 aromatic carbocycles. The van der Waals surface area contributed by atoms with Gasteiger partial charge in [0.1, 0.15) is 5.82 Å². The molecule has 1 fully saturated rings. The maximum atomic E-state index is 13.6. The van der Waals surface area contributed by atoms with Crippen LogP contribution >= 0.6 is 23.2 Å². The second-order valence-corrected chi connectivity index (χ2v) is 13.2. The smallest absolute Gasteiger partial charge is 0.223 e. The van der Waals surface area contributed by atoms with Gasteiger partial charge in [0.2, 0.25) is 18.7 Å². The molecule has 0 spiro atoms. The van der Waals surface area contributed by atoms with Crippen LogP contribution in [0, 0.1) is 11.2 Å². The lowest BCUT2D eigenvalue weighted by molar-refractivity contribution is -0.135. The average molecular weight is 641 g/mol. The quantitative estimate of drug-likeness (QED) is 0.300. The topological polar surface area (TPSA) is 85.0 Å². The molecule has 240 valence electrons. The first-order valence-corrected chi connectivity index (χ1v) is 15.2. The Morgan fingerprint density at radius 1 is 1.07 bits per heavy atom. The minimum atomic E-state index is -0.511. The van der Waals surface area contributed by atoms with Crippen molar-refractivity contribution in [1.82, 2.24) is 20.0 Å². The number of benzene rings is 2. The molecule has 1 saturated heterocycles. The van der Waals surface area contributed by atoms with Crippen molar-refractivity contribution in [3.05, 3.63) is 63.4 Å². The number of carbonyl (C=O) groups is 3. The van der Waals surface area contributed by atoms with Gasteiger partial charge in [0.05, 0.1) is 5.02 Å². The highest BCUT2D eigenvalue weighted by Gasteiger charge is 2.19. The molecular formula is C32H48Cl2FN5O3. The fraction of sp³-hybridized carbons (Fsp3) is 0.531. The first-order chi connectivity index (χ1) is 20.1. The summed E-state index contributed by atoms with van der Waals surface area (Å²) in [5.74, 6) is -0.0784. The third-order valence-electron chi connectivity index (χ3n) is 6.13. The molecule has 43 heavy (non-hydrogen) atoms. The zero-order valence-corrected chi connectivity index (χ0v) is 28.1. The summed E-state index contributed by atoms with van der Waals surface area (Å²) in [5.41, 5.74) is 2.75. The number of halogens is 3. The number of nitrogens with zero attached hydrogens (tertiary/aromatic N) is 3. The van der Waals surface area contributed by atoms with E-state index in [1.54, 1.807) is 4.90 Å². The summed E-state index contributed by atoms with van der Waals surface area (Å²) in [6.45, 7) is 15.4. The molecule has 0 saturated carbocycles. The first kappa shape index (κ1) is 38.3. The lowest BCUT2D eigenvalue weighted by atomic mass is 10.0. The number of hydrogen-bond donors (Lipinski definition) is 2. The van der Waals surface area contributed by atoms with Crippen LogP contribution in [0.15, 0.2) is 36.4 Å². The molecule has 0 radical (unpaired) electrons. The lowest BCUT2D eigenvalue weighted by Crippen LogP contribution is -2.48. The van der Waals surface area contributed by atoms with Gasteiger partial charge in [-0.05, 0) is 60.8 Å². The monoisotopic (exact) mass is 639 g/mol. The maximum Gasteiger partial charge on any atom is 0.223 e. The summed E-state index contributed by atoms with van der Waals surface area (Å²) in [6, 6.07) is 10.4. The molecule has 2 N–H and O–H groups in total. The van der Waals surface area contributed by atoms with Crippen LogP contribution in [0.3, 0.4) is 0 Å². The van der Waals surface area contributed by atoms with Crippen LogP contribution in [-0.2, 0) is 20.9 Å². The highest BCUT2D eigenvalue weighted by atomic mass is 35.5. The Bertz CT molecular complexity index is 1150. The Morgan fingerprint density at radius 3 is 2.23 bits per heavy atom. The Balaban J connectivity index is 0.000000396. The van der Waals surface area contributed by atoms with Crippen molar-refractivity contribution < 1.29 is 18.8 Å². The fourth-order valence-electron chi connectivity index (χ4n) is 3.84. The van der Waals surface area contributed by atoms with Crippen molar-refractivity contribution in [2.24, 2.45) is 5.41 Å². The molecule has 1 unspecified atom stereocenters. The molecule has 3 rings (SSSR count). The molecule has 2 aromatic rings. The van der Waals surface area contributed by atoms with Gasteiger partial charge in [-0.25, -0.2) is 4.39 Å². The number of amides is 3. The summed E-state index contributed by atoms with van der Waals surface area (Å²) in [7, 11) is 3.91. The van der Waals surface area contributed by atoms with Crippen LogP contribution in [0.4, 0.5) is 10.1 Å². The van der Waals surface area contributed by atoms with Gasteiger partial charge in [0.25, 0.3) is 0 Å². The van der Waals surface area contributed by atoms with Crippen molar-refractivity contribution in [2.45, 2.75) is 53.5 Å². The maximum absolute atomic E-state index is 13.6. The van der Waals surface area contributed by atoms with Crippen LogP contribution in [0.1, 0.15) is 58.1 Å². The number of hydrogen-bond acceptors (Lipinski definition) is 5. The van der Waals surface area contributed by atoms with Gasteiger partial charge in [0.15, 0.2) is 0 Å². The Hall–Kier alpha value is -2.72. The zero-order valence-electron chi connectivity index (χ0n) is 26.6. The summed E-state index contributed by atoms with van der Waals surface area (Å²) < 4.78 is 13.6. The zero-order chi connectivity index (χ0) is 32.6. The minimum Gasteiger partial charge on any atom is -0.342 e. The molecule has 0 aliphatic carbocycles. The number of anilines is 1. The molecule has 0 aromatic heterocycles. The van der Waals surface area contributed by atoms with Crippen molar-refractivity contribution in [3.63, 3.8) is 0 Å². The van der Waals surface area contributed by atoms with Gasteiger partial charge in [-0.15, -0.1) is 0 Å². The van der Waals surface area contributed by atoms with E-state index in [0.717, 1.165) is 18.5 Å². The van der Waals surface area contributed by atoms with Crippen LogP contribution in [0.5, 0.6) is 0 Å². The van der Waals surface area contributed by atoms with Gasteiger partial charge in [-0.3, -0.25) is 14.4 Å². The Morgan fingerprint density at radius 2 is 1.70 bits per heavy atom. The summed E-state index contributed by atoms with van der Waals surface area (Å²) in [6.07, 6.45) is 1.96. The summed E-state index contributed by atoms with van der Waals surface area (Å²) >= 11 is 11.7. The number of rotatable bonds is 11. The first-order valence-electron chi connectivity index (χ1n) is 14.4. The normalized spacial score (nSPS) is 13.7. The molecular weight excluding hydrogens is 592 g/mol. The number of piperazine rings is 1. The van der Waals surface area contributed by atoms with E-state index in [1.807, 2.05) is 48.2 Å². The van der Waals surface area contributed by atoms with Crippen molar-refractivity contribution >= 4 is 47.6 Å². The third kappa shape index (κ3) is 16.6. The van der Waals surface area contributed by atoms with E-state index in [9.17, 15) is 18.8 Å². The van der Waals surface area contributed by atoms with Gasteiger partial charge >= 0.3 is 0 Å². The van der Waals surface area contributed by atoms with Crippen LogP contribution in [-0.4, -0.2) is 86.8 Å². The second-order valence-electron chi connectivity index (χ2n) is 12.3. The molecule has 8 nitrogen and oxygen atoms in total. The average Bonchev–Trinajstić information content (AvgIpc) is 2.94. The SMILES string of the molecule is CC(C)(C)C.CC(CNCc1cc(F)c(Cl)cc1NC=O)c1cccc(Cl)c1.CN(C)CCC(=O)N1CCN(C=O)CC1. The predicted molar refractivity (Wildman–Crippen MR) is 175 cm³/mol. The van der Waals surface area contributed by atoms with E-state index in [-0.39, 0.29) is 16.8 Å². The van der Waals surface area contributed by atoms with Crippen LogP contribution in [0.2, 0.25) is 10.0 Å². The van der Waals surface area contributed by atoms with Crippen LogP contribution < -0.4 is 10.6 Å². The van der Waals surface area contributed by atoms with Gasteiger partial charge < -0.3 is 25.3 Å². The molecule has 1 atom stereocenters. The van der Waals surface area contributed by atoms with E-state index in [0.29, 0.717) is 73.8 Å². The lowest BCUT2D eigenvalue weighted by Gasteiger charge is -2.32. The van der Waals surface area contributed by atoms with Gasteiger partial charge in [0, 0.05) is 62.9 Å². The molecule has 0 bridgehead atoms. The van der Waals surface area contributed by atoms with E-state index >= 15 is 0 Å². The standard InChI is InChI=1S/C17H17Cl2FN2O.C10H19N3O2.C5H12/c1-11(12-3-2-4-14(18)5-12)8-21-9-13-6-16(20)15(19)7-17(13)22-10-23;1-11(2)4-3-10(15)13-7-5-12(9-14)6-8-13;1-5(2,3)4/h2-7,10-11,21H,8-9H2,1H3,(H,22,23);9H,3-8H2,1-2H3;1-4H3. The fourth-order valence-corrected chi connectivity index (χ4v) is 4.20. The molecule has 1 aliphatic rings. The van der Waals surface area contributed by atoms with Crippen molar-refractivity contribution in [1.29, 1.82) is 0 Å². The van der Waals surface area contributed by atoms with E-state index in [1.165, 1.54) is 12.1 Å². The molecule has 1 heterocycles.